The summed E-state index contributed by atoms with van der Waals surface area (Å²) in [5.74, 6) is -2.07. The number of anilines is 1. The molecule has 0 saturated carbocycles. The van der Waals surface area contributed by atoms with Crippen LogP contribution < -0.4 is 15.4 Å². The summed E-state index contributed by atoms with van der Waals surface area (Å²) in [6.45, 7) is 3.32. The average Bonchev–Trinajstić information content (AvgIpc) is 3.21. The second-order valence-corrected chi connectivity index (χ2v) is 8.97. The molecular weight excluding hydrogens is 529 g/mol. The van der Waals surface area contributed by atoms with Crippen LogP contribution in [0, 0.1) is 24.0 Å². The Balaban J connectivity index is 0.000000856. The number of aliphatic carboxylic acids is 1. The molecule has 2 aromatic rings. The number of aryl methyl sites for hydroxylation is 2. The monoisotopic (exact) mass is 554 g/mol. The Morgan fingerprint density at radius 1 is 1.22 bits per heavy atom. The van der Waals surface area contributed by atoms with Crippen LogP contribution in [0.25, 0.3) is 0 Å². The lowest BCUT2D eigenvalue weighted by molar-refractivity contribution is -0.384. The van der Waals surface area contributed by atoms with Gasteiger partial charge in [-0.1, -0.05) is 5.16 Å². The van der Waals surface area contributed by atoms with Gasteiger partial charge in [0.2, 0.25) is 21.8 Å². The third kappa shape index (κ3) is 10.00. The van der Waals surface area contributed by atoms with E-state index in [9.17, 15) is 36.5 Å². The number of aromatic nitrogens is 2. The summed E-state index contributed by atoms with van der Waals surface area (Å²) in [6.07, 6.45) is -4.15. The summed E-state index contributed by atoms with van der Waals surface area (Å²) in [6, 6.07) is 2.62. The standard InChI is InChI=1S/C17H24N6O6S.C2HF3O2/c1-11-14(30(27,28)20-9-4-5-16-21-12(2)22-29-16)7-6-13(17(11)23(25)26)19-10-8-15(24)18-3;3-2(4,5)1(6)7/h6-7,19-20H,4-5,8-10H2,1-3H3,(H,18,24);(H,6,7). The SMILES string of the molecule is CNC(=O)CCNc1ccc(S(=O)(=O)NCCCc2nc(C)no2)c(C)c1[N+](=O)[O-].O=C(O)C(F)(F)F. The van der Waals surface area contributed by atoms with E-state index in [0.29, 0.717) is 24.6 Å². The molecule has 0 radical (unpaired) electrons. The Hall–Kier alpha value is -3.80. The number of alkyl halides is 3. The second-order valence-electron chi connectivity index (χ2n) is 7.23. The molecule has 14 nitrogen and oxygen atoms in total. The normalized spacial score (nSPS) is 11.3. The number of hydrogen-bond acceptors (Lipinski definition) is 10. The van der Waals surface area contributed by atoms with Crippen molar-refractivity contribution in [3.63, 3.8) is 0 Å². The largest absolute Gasteiger partial charge is 0.490 e. The lowest BCUT2D eigenvalue weighted by Gasteiger charge is -2.13. The zero-order valence-corrected chi connectivity index (χ0v) is 20.7. The maximum Gasteiger partial charge on any atom is 0.490 e. The first kappa shape index (κ1) is 31.2. The van der Waals surface area contributed by atoms with Crippen LogP contribution in [0.3, 0.4) is 0 Å². The molecule has 1 aromatic heterocycles. The molecule has 0 atom stereocenters. The first-order chi connectivity index (χ1) is 17.1. The molecular formula is C19H25F3N6O8S. The van der Waals surface area contributed by atoms with Crippen molar-refractivity contribution in [2.45, 2.75) is 44.2 Å². The first-order valence-electron chi connectivity index (χ1n) is 10.4. The number of carboxylic acid groups (broad SMARTS) is 1. The van der Waals surface area contributed by atoms with Gasteiger partial charge in [0.1, 0.15) is 5.69 Å². The maximum absolute atomic E-state index is 12.6. The van der Waals surface area contributed by atoms with Crippen molar-refractivity contribution in [2.75, 3.05) is 25.5 Å². The average molecular weight is 555 g/mol. The number of nitro benzene ring substituents is 1. The highest BCUT2D eigenvalue weighted by Crippen LogP contribution is 2.33. The van der Waals surface area contributed by atoms with Crippen molar-refractivity contribution in [1.29, 1.82) is 0 Å². The molecule has 18 heteroatoms. The molecule has 1 amide bonds. The number of nitrogens with one attached hydrogen (secondary N) is 3. The number of nitro groups is 1. The molecule has 2 rings (SSSR count). The molecule has 0 aliphatic heterocycles. The van der Waals surface area contributed by atoms with Gasteiger partial charge < -0.3 is 20.3 Å². The fourth-order valence-electron chi connectivity index (χ4n) is 2.75. The van der Waals surface area contributed by atoms with Crippen LogP contribution in [0.5, 0.6) is 0 Å². The number of carbonyl (C=O) groups is 2. The summed E-state index contributed by atoms with van der Waals surface area (Å²) < 4.78 is 64.4. The van der Waals surface area contributed by atoms with Crippen molar-refractivity contribution < 1.29 is 45.7 Å². The molecule has 4 N–H and O–H groups in total. The summed E-state index contributed by atoms with van der Waals surface area (Å²) in [4.78, 5) is 35.0. The van der Waals surface area contributed by atoms with E-state index in [1.54, 1.807) is 6.92 Å². The van der Waals surface area contributed by atoms with Crippen molar-refractivity contribution in [1.82, 2.24) is 20.2 Å². The zero-order chi connectivity index (χ0) is 28.4. The van der Waals surface area contributed by atoms with Crippen molar-refractivity contribution in [2.24, 2.45) is 0 Å². The molecule has 0 saturated heterocycles. The van der Waals surface area contributed by atoms with E-state index in [1.165, 1.54) is 26.1 Å². The Bertz CT molecular complexity index is 1220. The highest BCUT2D eigenvalue weighted by atomic mass is 32.2. The van der Waals surface area contributed by atoms with Crippen molar-refractivity contribution in [3.8, 4) is 0 Å². The molecule has 1 heterocycles. The van der Waals surface area contributed by atoms with Crippen LogP contribution in [0.2, 0.25) is 0 Å². The van der Waals surface area contributed by atoms with Crippen LogP contribution in [-0.2, 0) is 26.0 Å². The van der Waals surface area contributed by atoms with Gasteiger partial charge in [0.25, 0.3) is 5.69 Å². The third-order valence-electron chi connectivity index (χ3n) is 4.47. The van der Waals surface area contributed by atoms with E-state index in [4.69, 9.17) is 14.4 Å². The van der Waals surface area contributed by atoms with Crippen LogP contribution in [0.15, 0.2) is 21.6 Å². The van der Waals surface area contributed by atoms with Gasteiger partial charge in [0.15, 0.2) is 5.82 Å². The van der Waals surface area contributed by atoms with E-state index < -0.39 is 27.1 Å². The molecule has 0 spiro atoms. The Morgan fingerprint density at radius 2 is 1.84 bits per heavy atom. The summed E-state index contributed by atoms with van der Waals surface area (Å²) in [7, 11) is -2.47. The molecule has 0 bridgehead atoms. The number of rotatable bonds is 11. The number of sulfonamides is 1. The number of hydrogen-bond donors (Lipinski definition) is 4. The van der Waals surface area contributed by atoms with E-state index in [-0.39, 0.29) is 47.3 Å². The zero-order valence-electron chi connectivity index (χ0n) is 19.9. The van der Waals surface area contributed by atoms with Crippen LogP contribution in [-0.4, -0.2) is 66.8 Å². The predicted octanol–water partition coefficient (Wildman–Crippen LogP) is 1.69. The van der Waals surface area contributed by atoms with Crippen LogP contribution in [0.1, 0.15) is 30.1 Å². The minimum atomic E-state index is -5.08. The van der Waals surface area contributed by atoms with E-state index >= 15 is 0 Å². The number of amides is 1. The summed E-state index contributed by atoms with van der Waals surface area (Å²) >= 11 is 0. The smallest absolute Gasteiger partial charge is 0.475 e. The highest BCUT2D eigenvalue weighted by Gasteiger charge is 2.38. The Kier molecular flexibility index (Phi) is 11.4. The first-order valence-corrected chi connectivity index (χ1v) is 11.9. The quantitative estimate of drug-likeness (QED) is 0.178. The molecule has 37 heavy (non-hydrogen) atoms. The van der Waals surface area contributed by atoms with Crippen molar-refractivity contribution >= 4 is 33.3 Å². The van der Waals surface area contributed by atoms with E-state index in [1.807, 2.05) is 0 Å². The fraction of sp³-hybridized carbons (Fsp3) is 0.474. The third-order valence-corrected chi connectivity index (χ3v) is 6.08. The molecule has 0 unspecified atom stereocenters. The molecule has 0 aliphatic carbocycles. The van der Waals surface area contributed by atoms with Crippen LogP contribution >= 0.6 is 0 Å². The van der Waals surface area contributed by atoms with Gasteiger partial charge in [0, 0.05) is 38.5 Å². The molecule has 206 valence electrons. The maximum atomic E-state index is 12.6. The summed E-state index contributed by atoms with van der Waals surface area (Å²) in [5.41, 5.74) is -0.201. The Labute approximate surface area is 208 Å². The predicted molar refractivity (Wildman–Crippen MR) is 121 cm³/mol. The molecule has 0 aliphatic rings. The lowest BCUT2D eigenvalue weighted by Crippen LogP contribution is -2.26. The van der Waals surface area contributed by atoms with Gasteiger partial charge in [-0.25, -0.2) is 17.9 Å². The van der Waals surface area contributed by atoms with Gasteiger partial charge in [0.05, 0.1) is 9.82 Å². The van der Waals surface area contributed by atoms with Gasteiger partial charge >= 0.3 is 12.1 Å². The number of benzene rings is 1. The van der Waals surface area contributed by atoms with E-state index in [2.05, 4.69) is 25.5 Å². The second kappa shape index (κ2) is 13.5. The van der Waals surface area contributed by atoms with Gasteiger partial charge in [-0.15, -0.1) is 0 Å². The minimum Gasteiger partial charge on any atom is -0.475 e. The summed E-state index contributed by atoms with van der Waals surface area (Å²) in [5, 5.41) is 27.6. The van der Waals surface area contributed by atoms with Gasteiger partial charge in [-0.05, 0) is 32.4 Å². The van der Waals surface area contributed by atoms with Gasteiger partial charge in [-0.2, -0.15) is 18.2 Å². The molecule has 1 aromatic carbocycles. The Morgan fingerprint density at radius 3 is 2.32 bits per heavy atom. The highest BCUT2D eigenvalue weighted by molar-refractivity contribution is 7.89. The topological polar surface area (TPSA) is 207 Å². The number of nitrogens with zero attached hydrogens (tertiary/aromatic N) is 3. The van der Waals surface area contributed by atoms with E-state index in [0.717, 1.165) is 0 Å². The van der Waals surface area contributed by atoms with Gasteiger partial charge in [-0.3, -0.25) is 14.9 Å². The number of halogens is 3. The minimum absolute atomic E-state index is 0.00460. The van der Waals surface area contributed by atoms with Crippen molar-refractivity contribution in [3.05, 3.63) is 39.5 Å². The number of carboxylic acids is 1. The fourth-order valence-corrected chi connectivity index (χ4v) is 4.07. The molecule has 0 fully saturated rings. The number of carbonyl (C=O) groups excluding carboxylic acids is 1. The lowest BCUT2D eigenvalue weighted by atomic mass is 10.1. The van der Waals surface area contributed by atoms with Crippen LogP contribution in [0.4, 0.5) is 24.5 Å².